The SMILES string of the molecule is Cc1cc(Cl)ccc1N1C(=O)C(=O)/C(=C(\O)c2cccc3ccccc23)C1c1ccco1. The monoisotopic (exact) mass is 443 g/mol. The second kappa shape index (κ2) is 7.70. The van der Waals surface area contributed by atoms with Crippen molar-refractivity contribution in [3.63, 3.8) is 0 Å². The molecule has 5 rings (SSSR count). The van der Waals surface area contributed by atoms with Crippen LogP contribution >= 0.6 is 11.6 Å². The van der Waals surface area contributed by atoms with Crippen molar-refractivity contribution in [1.82, 2.24) is 0 Å². The number of Topliss-reactive ketones (excluding diaryl/α,β-unsaturated/α-hetero) is 1. The summed E-state index contributed by atoms with van der Waals surface area (Å²) in [5.74, 6) is -1.37. The summed E-state index contributed by atoms with van der Waals surface area (Å²) in [5, 5.41) is 13.6. The zero-order valence-corrected chi connectivity index (χ0v) is 17.8. The molecule has 3 aromatic carbocycles. The quantitative estimate of drug-likeness (QED) is 0.239. The third kappa shape index (κ3) is 3.10. The third-order valence-electron chi connectivity index (χ3n) is 5.72. The zero-order valence-electron chi connectivity index (χ0n) is 17.1. The molecule has 0 spiro atoms. The molecule has 0 aliphatic carbocycles. The normalized spacial score (nSPS) is 17.9. The molecule has 1 N–H and O–H groups in total. The topological polar surface area (TPSA) is 70.8 Å². The summed E-state index contributed by atoms with van der Waals surface area (Å²) >= 11 is 6.10. The Balaban J connectivity index is 1.77. The number of benzene rings is 3. The van der Waals surface area contributed by atoms with E-state index in [1.165, 1.54) is 11.2 Å². The van der Waals surface area contributed by atoms with Crippen molar-refractivity contribution in [1.29, 1.82) is 0 Å². The van der Waals surface area contributed by atoms with Gasteiger partial charge in [-0.2, -0.15) is 0 Å². The summed E-state index contributed by atoms with van der Waals surface area (Å²) in [5.41, 5.74) is 1.71. The number of hydrogen-bond acceptors (Lipinski definition) is 4. The molecule has 1 saturated heterocycles. The largest absolute Gasteiger partial charge is 0.507 e. The number of ketones is 1. The predicted octanol–water partition coefficient (Wildman–Crippen LogP) is 6.02. The maximum Gasteiger partial charge on any atom is 0.300 e. The Bertz CT molecular complexity index is 1400. The molecule has 4 aromatic rings. The predicted molar refractivity (Wildman–Crippen MR) is 124 cm³/mol. The van der Waals surface area contributed by atoms with Crippen molar-refractivity contribution in [2.24, 2.45) is 0 Å². The maximum absolute atomic E-state index is 13.2. The minimum atomic E-state index is -0.913. The van der Waals surface area contributed by atoms with Crippen LogP contribution in [0.15, 0.2) is 89.0 Å². The average molecular weight is 444 g/mol. The molecule has 6 heteroatoms. The fraction of sp³-hybridized carbons (Fsp3) is 0.0769. The molecule has 0 radical (unpaired) electrons. The van der Waals surface area contributed by atoms with Crippen molar-refractivity contribution in [2.75, 3.05) is 4.90 Å². The number of rotatable bonds is 3. The van der Waals surface area contributed by atoms with Crippen molar-refractivity contribution in [2.45, 2.75) is 13.0 Å². The van der Waals surface area contributed by atoms with Crippen molar-refractivity contribution in [3.05, 3.63) is 107 Å². The van der Waals surface area contributed by atoms with Gasteiger partial charge in [0.25, 0.3) is 11.7 Å². The Labute approximate surface area is 189 Å². The molecule has 1 amide bonds. The molecule has 1 aromatic heterocycles. The summed E-state index contributed by atoms with van der Waals surface area (Å²) < 4.78 is 5.62. The Kier molecular flexibility index (Phi) is 4.83. The molecule has 1 aliphatic rings. The van der Waals surface area contributed by atoms with Crippen LogP contribution in [0.25, 0.3) is 16.5 Å². The van der Waals surface area contributed by atoms with Gasteiger partial charge in [-0.1, -0.05) is 54.1 Å². The summed E-state index contributed by atoms with van der Waals surface area (Å²) in [7, 11) is 0. The summed E-state index contributed by atoms with van der Waals surface area (Å²) in [4.78, 5) is 27.8. The zero-order chi connectivity index (χ0) is 22.4. The summed E-state index contributed by atoms with van der Waals surface area (Å²) in [6.45, 7) is 1.81. The first-order valence-corrected chi connectivity index (χ1v) is 10.4. The van der Waals surface area contributed by atoms with Gasteiger partial charge in [0, 0.05) is 16.3 Å². The molecular weight excluding hydrogens is 426 g/mol. The van der Waals surface area contributed by atoms with Gasteiger partial charge in [0.1, 0.15) is 17.6 Å². The highest BCUT2D eigenvalue weighted by Crippen LogP contribution is 2.44. The minimum Gasteiger partial charge on any atom is -0.507 e. The fourth-order valence-corrected chi connectivity index (χ4v) is 4.49. The van der Waals surface area contributed by atoms with Crippen LogP contribution in [-0.4, -0.2) is 16.8 Å². The molecule has 0 bridgehead atoms. The molecular formula is C26H18ClNO4. The molecule has 1 unspecified atom stereocenters. The Hall–Kier alpha value is -3.83. The second-order valence-corrected chi connectivity index (χ2v) is 8.08. The number of carbonyl (C=O) groups is 2. The van der Waals surface area contributed by atoms with E-state index in [0.29, 0.717) is 22.0 Å². The van der Waals surface area contributed by atoms with E-state index >= 15 is 0 Å². The van der Waals surface area contributed by atoms with Crippen LogP contribution in [-0.2, 0) is 9.59 Å². The van der Waals surface area contributed by atoms with Crippen molar-refractivity contribution < 1.29 is 19.1 Å². The Morgan fingerprint density at radius 3 is 2.53 bits per heavy atom. The van der Waals surface area contributed by atoms with Gasteiger partial charge in [-0.25, -0.2) is 0 Å². The van der Waals surface area contributed by atoms with Gasteiger partial charge in [-0.15, -0.1) is 0 Å². The molecule has 1 fully saturated rings. The standard InChI is InChI=1S/C26H18ClNO4/c1-15-14-17(27)11-12-20(15)28-23(21-10-5-13-32-21)22(25(30)26(28)31)24(29)19-9-4-7-16-6-2-3-8-18(16)19/h2-14,23,29H,1H3/b24-22-. The van der Waals surface area contributed by atoms with Crippen molar-refractivity contribution in [3.8, 4) is 0 Å². The minimum absolute atomic E-state index is 0.0179. The summed E-state index contributed by atoms with van der Waals surface area (Å²) in [6, 6.07) is 20.5. The number of amides is 1. The molecule has 1 atom stereocenters. The average Bonchev–Trinajstić information content (AvgIpc) is 3.40. The van der Waals surface area contributed by atoms with Gasteiger partial charge in [0.05, 0.1) is 11.8 Å². The molecule has 2 heterocycles. The van der Waals surface area contributed by atoms with E-state index in [1.54, 1.807) is 42.5 Å². The van der Waals surface area contributed by atoms with Gasteiger partial charge in [0.2, 0.25) is 0 Å². The van der Waals surface area contributed by atoms with E-state index in [-0.39, 0.29) is 11.3 Å². The first-order valence-electron chi connectivity index (χ1n) is 10.1. The first kappa shape index (κ1) is 20.1. The van der Waals surface area contributed by atoms with E-state index in [1.807, 2.05) is 37.3 Å². The lowest BCUT2D eigenvalue weighted by Gasteiger charge is -2.25. The Morgan fingerprint density at radius 1 is 1.00 bits per heavy atom. The number of hydrogen-bond donors (Lipinski definition) is 1. The van der Waals surface area contributed by atoms with E-state index in [0.717, 1.165) is 16.3 Å². The van der Waals surface area contributed by atoms with Gasteiger partial charge in [-0.3, -0.25) is 14.5 Å². The highest BCUT2D eigenvalue weighted by Gasteiger charge is 2.48. The van der Waals surface area contributed by atoms with Crippen LogP contribution < -0.4 is 4.90 Å². The van der Waals surface area contributed by atoms with Crippen LogP contribution in [0.3, 0.4) is 0 Å². The van der Waals surface area contributed by atoms with E-state index < -0.39 is 17.7 Å². The number of halogens is 1. The van der Waals surface area contributed by atoms with Crippen molar-refractivity contribution >= 4 is 45.5 Å². The number of aliphatic hydroxyl groups is 1. The molecule has 5 nitrogen and oxygen atoms in total. The lowest BCUT2D eigenvalue weighted by Crippen LogP contribution is -2.29. The van der Waals surface area contributed by atoms with Gasteiger partial charge in [-0.05, 0) is 53.6 Å². The number of fused-ring (bicyclic) bond motifs is 1. The lowest BCUT2D eigenvalue weighted by atomic mass is 9.96. The number of furan rings is 1. The van der Waals surface area contributed by atoms with Crippen LogP contribution in [0.1, 0.15) is 22.9 Å². The number of nitrogens with zero attached hydrogens (tertiary/aromatic N) is 1. The molecule has 0 saturated carbocycles. The summed E-state index contributed by atoms with van der Waals surface area (Å²) in [6.07, 6.45) is 1.47. The smallest absolute Gasteiger partial charge is 0.300 e. The molecule has 1 aliphatic heterocycles. The van der Waals surface area contributed by atoms with E-state index in [2.05, 4.69) is 0 Å². The van der Waals surface area contributed by atoms with Crippen LogP contribution in [0, 0.1) is 6.92 Å². The van der Waals surface area contributed by atoms with Gasteiger partial charge < -0.3 is 9.52 Å². The van der Waals surface area contributed by atoms with E-state index in [9.17, 15) is 14.7 Å². The lowest BCUT2D eigenvalue weighted by molar-refractivity contribution is -0.132. The third-order valence-corrected chi connectivity index (χ3v) is 5.96. The maximum atomic E-state index is 13.2. The molecule has 158 valence electrons. The van der Waals surface area contributed by atoms with E-state index in [4.69, 9.17) is 16.0 Å². The van der Waals surface area contributed by atoms with Crippen LogP contribution in [0.5, 0.6) is 0 Å². The first-order chi connectivity index (χ1) is 15.5. The fourth-order valence-electron chi connectivity index (χ4n) is 4.26. The second-order valence-electron chi connectivity index (χ2n) is 7.64. The number of carbonyl (C=O) groups excluding carboxylic acids is 2. The highest BCUT2D eigenvalue weighted by atomic mass is 35.5. The van der Waals surface area contributed by atoms with Crippen LogP contribution in [0.4, 0.5) is 5.69 Å². The Morgan fingerprint density at radius 2 is 1.78 bits per heavy atom. The highest BCUT2D eigenvalue weighted by molar-refractivity contribution is 6.52. The number of anilines is 1. The number of aryl methyl sites for hydroxylation is 1. The van der Waals surface area contributed by atoms with Gasteiger partial charge >= 0.3 is 0 Å². The number of aliphatic hydroxyl groups excluding tert-OH is 1. The van der Waals surface area contributed by atoms with Gasteiger partial charge in [0.15, 0.2) is 0 Å². The van der Waals surface area contributed by atoms with Crippen LogP contribution in [0.2, 0.25) is 5.02 Å². The molecule has 32 heavy (non-hydrogen) atoms.